The zero-order chi connectivity index (χ0) is 15.1. The van der Waals surface area contributed by atoms with Crippen LogP contribution in [-0.2, 0) is 10.0 Å². The number of rotatable bonds is 2. The Morgan fingerprint density at radius 2 is 1.60 bits per heavy atom. The third kappa shape index (κ3) is 3.14. The first-order valence-corrected chi connectivity index (χ1v) is 8.87. The van der Waals surface area contributed by atoms with Gasteiger partial charge in [0.15, 0.2) is 0 Å². The number of halogens is 2. The molecule has 1 aliphatic rings. The molecular weight excluding hydrogens is 317 g/mol. The van der Waals surface area contributed by atoms with Crippen LogP contribution in [0.2, 0.25) is 10.0 Å². The average molecular weight is 336 g/mol. The molecular formula is C14H19Cl2NO2S. The first-order chi connectivity index (χ1) is 9.21. The highest BCUT2D eigenvalue weighted by atomic mass is 35.5. The summed E-state index contributed by atoms with van der Waals surface area (Å²) in [7, 11) is -3.51. The minimum absolute atomic E-state index is 0.258. The van der Waals surface area contributed by atoms with Gasteiger partial charge in [-0.1, -0.05) is 37.0 Å². The number of hydrogen-bond acceptors (Lipinski definition) is 2. The number of piperidine rings is 1. The summed E-state index contributed by atoms with van der Waals surface area (Å²) in [5.74, 6) is 0.744. The van der Waals surface area contributed by atoms with Gasteiger partial charge in [-0.2, -0.15) is 4.31 Å². The monoisotopic (exact) mass is 335 g/mol. The number of benzene rings is 1. The van der Waals surface area contributed by atoms with E-state index in [2.05, 4.69) is 13.8 Å². The Labute approximate surface area is 130 Å². The van der Waals surface area contributed by atoms with Crippen LogP contribution in [0, 0.1) is 18.8 Å². The molecule has 0 aromatic heterocycles. The molecule has 1 aromatic carbocycles. The van der Waals surface area contributed by atoms with Crippen LogP contribution >= 0.6 is 23.2 Å². The molecule has 2 atom stereocenters. The van der Waals surface area contributed by atoms with E-state index in [4.69, 9.17) is 23.2 Å². The molecule has 1 saturated heterocycles. The standard InChI is InChI=1S/C14H19Cl2NO2S/c1-9-4-10(2)8-17(7-9)20(18,19)14-6-13(16)12(15)5-11(14)3/h5-6,9-10H,4,7-8H2,1-3H3. The molecule has 1 heterocycles. The van der Waals surface area contributed by atoms with Gasteiger partial charge in [0.2, 0.25) is 10.0 Å². The third-order valence-corrected chi connectivity index (χ3v) is 6.37. The molecule has 0 bridgehead atoms. The van der Waals surface area contributed by atoms with Crippen LogP contribution in [0.3, 0.4) is 0 Å². The number of nitrogens with zero attached hydrogens (tertiary/aromatic N) is 1. The van der Waals surface area contributed by atoms with E-state index < -0.39 is 10.0 Å². The van der Waals surface area contributed by atoms with Gasteiger partial charge in [-0.05, 0) is 42.9 Å². The van der Waals surface area contributed by atoms with E-state index in [0.717, 1.165) is 6.42 Å². The second kappa shape index (κ2) is 5.84. The summed E-state index contributed by atoms with van der Waals surface area (Å²) in [6.45, 7) is 7.03. The maximum Gasteiger partial charge on any atom is 0.243 e. The van der Waals surface area contributed by atoms with E-state index in [1.807, 2.05) is 0 Å². The van der Waals surface area contributed by atoms with Gasteiger partial charge in [0.25, 0.3) is 0 Å². The molecule has 2 unspecified atom stereocenters. The maximum atomic E-state index is 12.8. The molecule has 1 fully saturated rings. The van der Waals surface area contributed by atoms with E-state index in [-0.39, 0.29) is 9.92 Å². The molecule has 0 saturated carbocycles. The molecule has 1 aliphatic heterocycles. The lowest BCUT2D eigenvalue weighted by molar-refractivity contribution is 0.222. The van der Waals surface area contributed by atoms with E-state index in [1.165, 1.54) is 6.07 Å². The highest BCUT2D eigenvalue weighted by Crippen LogP contribution is 2.32. The maximum absolute atomic E-state index is 12.8. The van der Waals surface area contributed by atoms with E-state index >= 15 is 0 Å². The van der Waals surface area contributed by atoms with Crippen LogP contribution in [0.4, 0.5) is 0 Å². The SMILES string of the molecule is Cc1cc(Cl)c(Cl)cc1S(=O)(=O)N1CC(C)CC(C)C1. The van der Waals surface area contributed by atoms with Crippen LogP contribution in [0.15, 0.2) is 17.0 Å². The van der Waals surface area contributed by atoms with Crippen molar-refractivity contribution >= 4 is 33.2 Å². The van der Waals surface area contributed by atoms with E-state index in [9.17, 15) is 8.42 Å². The third-order valence-electron chi connectivity index (χ3n) is 3.67. The predicted molar refractivity (Wildman–Crippen MR) is 82.9 cm³/mol. The van der Waals surface area contributed by atoms with Crippen molar-refractivity contribution in [3.05, 3.63) is 27.7 Å². The van der Waals surface area contributed by atoms with Crippen LogP contribution in [0.5, 0.6) is 0 Å². The zero-order valence-electron chi connectivity index (χ0n) is 11.9. The van der Waals surface area contributed by atoms with Gasteiger partial charge < -0.3 is 0 Å². The Kier molecular flexibility index (Phi) is 4.69. The van der Waals surface area contributed by atoms with E-state index in [0.29, 0.717) is 35.5 Å². The Bertz CT molecular complexity index is 606. The van der Waals surface area contributed by atoms with Crippen molar-refractivity contribution < 1.29 is 8.42 Å². The molecule has 3 nitrogen and oxygen atoms in total. The van der Waals surface area contributed by atoms with Gasteiger partial charge in [0.05, 0.1) is 14.9 Å². The lowest BCUT2D eigenvalue weighted by Crippen LogP contribution is -2.42. The van der Waals surface area contributed by atoms with E-state index in [1.54, 1.807) is 17.3 Å². The van der Waals surface area contributed by atoms with Gasteiger partial charge in [0, 0.05) is 13.1 Å². The van der Waals surface area contributed by atoms with Gasteiger partial charge in [-0.3, -0.25) is 0 Å². The van der Waals surface area contributed by atoms with Crippen molar-refractivity contribution in [2.24, 2.45) is 11.8 Å². The number of sulfonamides is 1. The summed E-state index contributed by atoms with van der Waals surface area (Å²) >= 11 is 11.9. The average Bonchev–Trinajstić information content (AvgIpc) is 2.32. The first kappa shape index (κ1) is 16.1. The topological polar surface area (TPSA) is 37.4 Å². The summed E-state index contributed by atoms with van der Waals surface area (Å²) in [4.78, 5) is 0.258. The Balaban J connectivity index is 2.42. The first-order valence-electron chi connectivity index (χ1n) is 6.67. The second-order valence-electron chi connectivity index (χ2n) is 5.80. The van der Waals surface area contributed by atoms with Gasteiger partial charge in [0.1, 0.15) is 0 Å². The Morgan fingerprint density at radius 3 is 2.15 bits per heavy atom. The minimum Gasteiger partial charge on any atom is -0.207 e. The fourth-order valence-electron chi connectivity index (χ4n) is 2.85. The minimum atomic E-state index is -3.51. The fourth-order valence-corrected chi connectivity index (χ4v) is 5.21. The summed E-state index contributed by atoms with van der Waals surface area (Å²) in [6.07, 6.45) is 1.06. The van der Waals surface area contributed by atoms with Crippen molar-refractivity contribution in [3.8, 4) is 0 Å². The lowest BCUT2D eigenvalue weighted by Gasteiger charge is -2.34. The summed E-state index contributed by atoms with van der Waals surface area (Å²) in [5.41, 5.74) is 0.630. The highest BCUT2D eigenvalue weighted by molar-refractivity contribution is 7.89. The summed E-state index contributed by atoms with van der Waals surface area (Å²) < 4.78 is 27.1. The normalized spacial score (nSPS) is 24.9. The Hall–Kier alpha value is -0.290. The smallest absolute Gasteiger partial charge is 0.207 e. The van der Waals surface area contributed by atoms with Crippen LogP contribution in [-0.4, -0.2) is 25.8 Å². The van der Waals surface area contributed by atoms with Crippen molar-refractivity contribution in [2.75, 3.05) is 13.1 Å². The van der Waals surface area contributed by atoms with Crippen molar-refractivity contribution in [1.82, 2.24) is 4.31 Å². The van der Waals surface area contributed by atoms with Gasteiger partial charge in [-0.15, -0.1) is 0 Å². The van der Waals surface area contributed by atoms with Crippen LogP contribution in [0.25, 0.3) is 0 Å². The number of hydrogen-bond donors (Lipinski definition) is 0. The second-order valence-corrected chi connectivity index (χ2v) is 8.52. The molecule has 0 radical (unpaired) electrons. The molecule has 0 N–H and O–H groups in total. The van der Waals surface area contributed by atoms with Crippen LogP contribution in [0.1, 0.15) is 25.8 Å². The molecule has 0 aliphatic carbocycles. The molecule has 20 heavy (non-hydrogen) atoms. The van der Waals surface area contributed by atoms with Crippen molar-refractivity contribution in [3.63, 3.8) is 0 Å². The van der Waals surface area contributed by atoms with Gasteiger partial charge >= 0.3 is 0 Å². The highest BCUT2D eigenvalue weighted by Gasteiger charge is 2.32. The molecule has 112 valence electrons. The molecule has 0 amide bonds. The van der Waals surface area contributed by atoms with Crippen molar-refractivity contribution in [2.45, 2.75) is 32.1 Å². The number of aryl methyl sites for hydroxylation is 1. The predicted octanol–water partition coefficient (Wildman–Crippen LogP) is 3.97. The van der Waals surface area contributed by atoms with Gasteiger partial charge in [-0.25, -0.2) is 8.42 Å². The fraction of sp³-hybridized carbons (Fsp3) is 0.571. The lowest BCUT2D eigenvalue weighted by atomic mass is 9.94. The zero-order valence-corrected chi connectivity index (χ0v) is 14.2. The quantitative estimate of drug-likeness (QED) is 0.819. The molecule has 0 spiro atoms. The van der Waals surface area contributed by atoms with Crippen molar-refractivity contribution in [1.29, 1.82) is 0 Å². The summed E-state index contributed by atoms with van der Waals surface area (Å²) in [5, 5.41) is 0.650. The molecule has 2 rings (SSSR count). The Morgan fingerprint density at radius 1 is 1.10 bits per heavy atom. The van der Waals surface area contributed by atoms with Crippen LogP contribution < -0.4 is 0 Å². The molecule has 6 heteroatoms. The molecule has 1 aromatic rings. The summed E-state index contributed by atoms with van der Waals surface area (Å²) in [6, 6.07) is 3.06. The largest absolute Gasteiger partial charge is 0.243 e.